The maximum absolute atomic E-state index is 13.1. The second kappa shape index (κ2) is 8.10. The Hall–Kier alpha value is -2.10. The fourth-order valence-corrected chi connectivity index (χ4v) is 5.14. The number of thioether (sulfide) groups is 2. The number of benzene rings is 2. The van der Waals surface area contributed by atoms with E-state index >= 15 is 0 Å². The fourth-order valence-electron chi connectivity index (χ4n) is 2.87. The third-order valence-corrected chi connectivity index (χ3v) is 6.91. The third kappa shape index (κ3) is 3.87. The average Bonchev–Trinajstić information content (AvgIpc) is 3.17. The quantitative estimate of drug-likeness (QED) is 0.227. The lowest BCUT2D eigenvalue weighted by Gasteiger charge is -2.14. The molecule has 0 bridgehead atoms. The normalized spacial score (nSPS) is 12.8. The first-order valence-corrected chi connectivity index (χ1v) is 11.2. The van der Waals surface area contributed by atoms with Gasteiger partial charge in [0.25, 0.3) is 11.2 Å². The van der Waals surface area contributed by atoms with Crippen LogP contribution in [0.15, 0.2) is 67.9 Å². The highest BCUT2D eigenvalue weighted by atomic mass is 79.9. The predicted molar refractivity (Wildman–Crippen MR) is 115 cm³/mol. The molecule has 0 radical (unpaired) electrons. The van der Waals surface area contributed by atoms with Crippen molar-refractivity contribution in [2.24, 2.45) is 0 Å². The van der Waals surface area contributed by atoms with Gasteiger partial charge in [0.15, 0.2) is 5.16 Å². The van der Waals surface area contributed by atoms with Crippen LogP contribution < -0.4 is 5.56 Å². The van der Waals surface area contributed by atoms with Gasteiger partial charge in [0, 0.05) is 34.5 Å². The molecule has 2 heterocycles. The first kappa shape index (κ1) is 19.2. The lowest BCUT2D eigenvalue weighted by atomic mass is 10.2. The number of hydrogen-bond donors (Lipinski definition) is 0. The lowest BCUT2D eigenvalue weighted by Crippen LogP contribution is -2.23. The minimum Gasteiger partial charge on any atom is -0.268 e. The highest BCUT2D eigenvalue weighted by Gasteiger charge is 2.22. The molecule has 0 atom stereocenters. The van der Waals surface area contributed by atoms with Crippen LogP contribution in [0.4, 0.5) is 5.69 Å². The van der Waals surface area contributed by atoms with Crippen molar-refractivity contribution < 1.29 is 4.92 Å². The van der Waals surface area contributed by atoms with Crippen molar-refractivity contribution in [2.75, 3.05) is 5.75 Å². The van der Waals surface area contributed by atoms with Crippen LogP contribution in [-0.4, -0.2) is 20.2 Å². The Morgan fingerprint density at radius 2 is 1.89 bits per heavy atom. The summed E-state index contributed by atoms with van der Waals surface area (Å²) in [4.78, 5) is 29.0. The number of halogens is 1. The summed E-state index contributed by atoms with van der Waals surface area (Å²) < 4.78 is 2.59. The maximum atomic E-state index is 13.1. The number of nitro groups is 1. The Morgan fingerprint density at radius 3 is 2.57 bits per heavy atom. The van der Waals surface area contributed by atoms with E-state index in [0.29, 0.717) is 10.9 Å². The Bertz CT molecular complexity index is 1100. The van der Waals surface area contributed by atoms with Crippen molar-refractivity contribution in [3.8, 4) is 5.69 Å². The van der Waals surface area contributed by atoms with Gasteiger partial charge in [0.2, 0.25) is 0 Å². The van der Waals surface area contributed by atoms with E-state index in [1.54, 1.807) is 28.5 Å². The molecule has 0 N–H and O–H groups in total. The van der Waals surface area contributed by atoms with Crippen LogP contribution in [0, 0.1) is 10.1 Å². The molecule has 0 amide bonds. The first-order chi connectivity index (χ1) is 13.5. The molecule has 28 heavy (non-hydrogen) atoms. The van der Waals surface area contributed by atoms with Gasteiger partial charge in [-0.05, 0) is 29.8 Å². The molecule has 9 heteroatoms. The summed E-state index contributed by atoms with van der Waals surface area (Å²) in [6.07, 6.45) is 0.793. The highest BCUT2D eigenvalue weighted by molar-refractivity contribution is 9.10. The largest absolute Gasteiger partial charge is 0.272 e. The standard InChI is InChI=1S/C19H14BrN3O3S2/c20-13-3-7-14(8-4-13)22-18(24)17-16(9-10-27-17)21-19(22)28-11-12-1-5-15(6-2-12)23(25)26/h1-8H,9-11H2. The van der Waals surface area contributed by atoms with Gasteiger partial charge in [-0.15, -0.1) is 11.8 Å². The molecule has 0 spiro atoms. The summed E-state index contributed by atoms with van der Waals surface area (Å²) in [5, 5.41) is 11.4. The maximum Gasteiger partial charge on any atom is 0.272 e. The van der Waals surface area contributed by atoms with Crippen LogP contribution in [0.2, 0.25) is 0 Å². The average molecular weight is 476 g/mol. The second-order valence-electron chi connectivity index (χ2n) is 6.10. The number of fused-ring (bicyclic) bond motifs is 1. The van der Waals surface area contributed by atoms with Crippen molar-refractivity contribution >= 4 is 45.1 Å². The zero-order valence-electron chi connectivity index (χ0n) is 14.5. The summed E-state index contributed by atoms with van der Waals surface area (Å²) in [6.45, 7) is 0. The minimum atomic E-state index is -0.415. The molecule has 1 aliphatic rings. The molecule has 6 nitrogen and oxygen atoms in total. The van der Waals surface area contributed by atoms with E-state index in [1.165, 1.54) is 23.9 Å². The molecule has 3 aromatic rings. The number of rotatable bonds is 5. The number of aromatic nitrogens is 2. The number of nitrogens with zero attached hydrogens (tertiary/aromatic N) is 3. The van der Waals surface area contributed by atoms with Gasteiger partial charge >= 0.3 is 0 Å². The molecule has 1 aromatic heterocycles. The Balaban J connectivity index is 1.69. The number of hydrogen-bond acceptors (Lipinski definition) is 6. The number of aryl methyl sites for hydroxylation is 1. The van der Waals surface area contributed by atoms with Crippen LogP contribution in [0.3, 0.4) is 0 Å². The molecule has 0 aliphatic carbocycles. The summed E-state index contributed by atoms with van der Waals surface area (Å²) in [7, 11) is 0. The fraction of sp³-hybridized carbons (Fsp3) is 0.158. The SMILES string of the molecule is O=c1c2c(nc(SCc3ccc([N+](=O)[O-])cc3)n1-c1ccc(Br)cc1)CCS2. The molecule has 0 saturated heterocycles. The second-order valence-corrected chi connectivity index (χ2v) is 9.06. The van der Waals surface area contributed by atoms with E-state index in [2.05, 4.69) is 15.9 Å². The van der Waals surface area contributed by atoms with E-state index < -0.39 is 4.92 Å². The molecule has 0 saturated carbocycles. The van der Waals surface area contributed by atoms with Crippen molar-refractivity contribution in [1.82, 2.24) is 9.55 Å². The Kier molecular flexibility index (Phi) is 5.56. The molecule has 1 aliphatic heterocycles. The van der Waals surface area contributed by atoms with Gasteiger partial charge in [0.05, 0.1) is 21.2 Å². The highest BCUT2D eigenvalue weighted by Crippen LogP contribution is 2.31. The Labute approximate surface area is 177 Å². The van der Waals surface area contributed by atoms with Crippen LogP contribution in [0.5, 0.6) is 0 Å². The molecular formula is C19H14BrN3O3S2. The number of non-ortho nitro benzene ring substituents is 1. The third-order valence-electron chi connectivity index (χ3n) is 4.27. The van der Waals surface area contributed by atoms with Crippen molar-refractivity contribution in [2.45, 2.75) is 22.2 Å². The summed E-state index contributed by atoms with van der Waals surface area (Å²) >= 11 is 6.43. The summed E-state index contributed by atoms with van der Waals surface area (Å²) in [6, 6.07) is 14.0. The first-order valence-electron chi connectivity index (χ1n) is 8.44. The van der Waals surface area contributed by atoms with Gasteiger partial charge in [-0.3, -0.25) is 19.5 Å². The zero-order chi connectivity index (χ0) is 19.7. The molecule has 0 unspecified atom stereocenters. The summed E-state index contributed by atoms with van der Waals surface area (Å²) in [5.41, 5.74) is 2.58. The summed E-state index contributed by atoms with van der Waals surface area (Å²) in [5.74, 6) is 1.43. The smallest absolute Gasteiger partial charge is 0.268 e. The van der Waals surface area contributed by atoms with Crippen molar-refractivity contribution in [3.63, 3.8) is 0 Å². The van der Waals surface area contributed by atoms with Crippen LogP contribution in [0.25, 0.3) is 5.69 Å². The van der Waals surface area contributed by atoms with Crippen molar-refractivity contribution in [3.05, 3.63) is 84.7 Å². The van der Waals surface area contributed by atoms with Gasteiger partial charge < -0.3 is 0 Å². The predicted octanol–water partition coefficient (Wildman–Crippen LogP) is 4.84. The lowest BCUT2D eigenvalue weighted by molar-refractivity contribution is -0.384. The number of nitro benzene ring substituents is 1. The topological polar surface area (TPSA) is 78.0 Å². The molecule has 0 fully saturated rings. The minimum absolute atomic E-state index is 0.0407. The zero-order valence-corrected chi connectivity index (χ0v) is 17.7. The van der Waals surface area contributed by atoms with Gasteiger partial charge in [-0.25, -0.2) is 4.98 Å². The van der Waals surface area contributed by atoms with Crippen LogP contribution >= 0.6 is 39.5 Å². The molecule has 142 valence electrons. The van der Waals surface area contributed by atoms with Crippen LogP contribution in [-0.2, 0) is 12.2 Å². The van der Waals surface area contributed by atoms with Gasteiger partial charge in [0.1, 0.15) is 0 Å². The van der Waals surface area contributed by atoms with E-state index in [0.717, 1.165) is 38.5 Å². The molecule has 2 aromatic carbocycles. The molecular weight excluding hydrogens is 462 g/mol. The molecule has 4 rings (SSSR count). The van der Waals surface area contributed by atoms with Crippen molar-refractivity contribution in [1.29, 1.82) is 0 Å². The van der Waals surface area contributed by atoms with E-state index in [-0.39, 0.29) is 11.2 Å². The Morgan fingerprint density at radius 1 is 1.18 bits per heavy atom. The van der Waals surface area contributed by atoms with Crippen LogP contribution in [0.1, 0.15) is 11.3 Å². The van der Waals surface area contributed by atoms with E-state index in [1.807, 2.05) is 24.3 Å². The van der Waals surface area contributed by atoms with E-state index in [4.69, 9.17) is 4.98 Å². The monoisotopic (exact) mass is 475 g/mol. The van der Waals surface area contributed by atoms with Gasteiger partial charge in [-0.1, -0.05) is 39.8 Å². The van der Waals surface area contributed by atoms with Gasteiger partial charge in [-0.2, -0.15) is 0 Å². The van der Waals surface area contributed by atoms with E-state index in [9.17, 15) is 14.9 Å².